The van der Waals surface area contributed by atoms with Crippen LogP contribution in [-0.2, 0) is 4.79 Å². The van der Waals surface area contributed by atoms with Crippen molar-refractivity contribution in [3.63, 3.8) is 0 Å². The summed E-state index contributed by atoms with van der Waals surface area (Å²) in [5.74, 6) is 6.17. The second kappa shape index (κ2) is 6.55. The average molecular weight is 388 g/mol. The lowest BCUT2D eigenvalue weighted by molar-refractivity contribution is -0.149. The van der Waals surface area contributed by atoms with E-state index in [2.05, 4.69) is 27.0 Å². The Morgan fingerprint density at radius 2 is 2.11 bits per heavy atom. The van der Waals surface area contributed by atoms with Crippen molar-refractivity contribution in [2.24, 2.45) is 5.41 Å². The number of amides is 1. The molecule has 0 aliphatic carbocycles. The van der Waals surface area contributed by atoms with Gasteiger partial charge in [-0.15, -0.1) is 5.10 Å². The van der Waals surface area contributed by atoms with Crippen molar-refractivity contribution in [2.75, 3.05) is 6.54 Å². The number of carbonyl (C=O) groups excluding carboxylic acids is 1. The Morgan fingerprint density at radius 3 is 2.79 bits per heavy atom. The highest BCUT2D eigenvalue weighted by atomic mass is 19.3. The summed E-state index contributed by atoms with van der Waals surface area (Å²) < 4.78 is 38.0. The summed E-state index contributed by atoms with van der Waals surface area (Å²) in [4.78, 5) is 18.4. The van der Waals surface area contributed by atoms with Gasteiger partial charge in [-0.3, -0.25) is 9.78 Å². The van der Waals surface area contributed by atoms with Crippen LogP contribution in [0.2, 0.25) is 0 Å². The van der Waals surface area contributed by atoms with Crippen molar-refractivity contribution in [3.8, 4) is 17.6 Å². The van der Waals surface area contributed by atoms with E-state index in [1.54, 1.807) is 19.3 Å². The zero-order valence-corrected chi connectivity index (χ0v) is 15.6. The van der Waals surface area contributed by atoms with Crippen LogP contribution in [0.15, 0.2) is 16.8 Å². The van der Waals surface area contributed by atoms with Crippen LogP contribution in [0.5, 0.6) is 5.75 Å². The van der Waals surface area contributed by atoms with Gasteiger partial charge >= 0.3 is 0 Å². The Hall–Kier alpha value is -3.02. The monoisotopic (exact) mass is 388 g/mol. The smallest absolute Gasteiger partial charge is 0.294 e. The summed E-state index contributed by atoms with van der Waals surface area (Å²) in [6.07, 6.45) is 0.658. The molecule has 0 unspecified atom stereocenters. The Bertz CT molecular complexity index is 993. The van der Waals surface area contributed by atoms with Gasteiger partial charge in [-0.1, -0.05) is 11.0 Å². The van der Waals surface area contributed by atoms with E-state index in [1.165, 1.54) is 18.7 Å². The molecule has 1 amide bonds. The van der Waals surface area contributed by atoms with Gasteiger partial charge < -0.3 is 14.1 Å². The molecule has 4 rings (SSSR count). The topological polar surface area (TPSA) is 81.4 Å². The number of likely N-dealkylation sites (tertiary alicyclic amines) is 1. The maximum Gasteiger partial charge on any atom is 0.294 e. The fourth-order valence-electron chi connectivity index (χ4n) is 3.42. The molecule has 9 heteroatoms. The zero-order valence-electron chi connectivity index (χ0n) is 15.6. The highest BCUT2D eigenvalue weighted by Gasteiger charge is 2.49. The van der Waals surface area contributed by atoms with Crippen molar-refractivity contribution < 1.29 is 22.7 Å². The fraction of sp³-hybridized carbons (Fsp3) is 0.474. The second-order valence-corrected chi connectivity index (χ2v) is 7.45. The molecule has 2 aliphatic heterocycles. The van der Waals surface area contributed by atoms with Crippen LogP contribution in [0, 0.1) is 24.2 Å². The molecule has 2 aromatic rings. The number of fused-ring (bicyclic) bond motifs is 4. The molecule has 146 valence electrons. The third kappa shape index (κ3) is 2.99. The van der Waals surface area contributed by atoms with Gasteiger partial charge in [0, 0.05) is 37.2 Å². The first kappa shape index (κ1) is 18.3. The molecule has 1 saturated heterocycles. The molecular weight excluding hydrogens is 370 g/mol. The van der Waals surface area contributed by atoms with E-state index < -0.39 is 17.7 Å². The molecule has 4 heterocycles. The molecule has 0 spiro atoms. The van der Waals surface area contributed by atoms with E-state index in [9.17, 15) is 13.6 Å². The molecule has 1 fully saturated rings. The lowest BCUT2D eigenvalue weighted by Gasteiger charge is -2.32. The van der Waals surface area contributed by atoms with E-state index in [0.29, 0.717) is 29.2 Å². The highest BCUT2D eigenvalue weighted by Crippen LogP contribution is 2.46. The molecule has 2 aliphatic rings. The fourth-order valence-corrected chi connectivity index (χ4v) is 3.42. The van der Waals surface area contributed by atoms with Gasteiger partial charge in [-0.05, 0) is 13.8 Å². The number of hydrogen-bond donors (Lipinski definition) is 0. The number of ether oxygens (including phenoxy) is 1. The Labute approximate surface area is 160 Å². The zero-order chi connectivity index (χ0) is 20.1. The molecule has 0 radical (unpaired) electrons. The van der Waals surface area contributed by atoms with Crippen LogP contribution in [0.3, 0.4) is 0 Å². The summed E-state index contributed by atoms with van der Waals surface area (Å²) in [7, 11) is 0. The molecule has 2 atom stereocenters. The van der Waals surface area contributed by atoms with E-state index in [0.717, 1.165) is 0 Å². The van der Waals surface area contributed by atoms with Gasteiger partial charge in [0.15, 0.2) is 0 Å². The van der Waals surface area contributed by atoms with Crippen LogP contribution in [0.4, 0.5) is 8.78 Å². The maximum absolute atomic E-state index is 13.4. The number of carbonyl (C=O) groups is 1. The number of aryl methyl sites for hydroxylation is 1. The first-order valence-electron chi connectivity index (χ1n) is 8.83. The van der Waals surface area contributed by atoms with Crippen LogP contribution in [-0.4, -0.2) is 45.1 Å². The minimum atomic E-state index is -2.76. The highest BCUT2D eigenvalue weighted by molar-refractivity contribution is 5.83. The van der Waals surface area contributed by atoms with Crippen LogP contribution >= 0.6 is 0 Å². The predicted molar refractivity (Wildman–Crippen MR) is 92.5 cm³/mol. The predicted octanol–water partition coefficient (Wildman–Crippen LogP) is 2.50. The van der Waals surface area contributed by atoms with E-state index >= 15 is 0 Å². The molecular formula is C19H18F2N4O3. The Morgan fingerprint density at radius 1 is 1.32 bits per heavy atom. The number of nitrogens with zero attached hydrogens (tertiary/aromatic N) is 4. The molecule has 7 nitrogen and oxygen atoms in total. The standard InChI is InChI=1S/C19H18F2N4O3/c1-10-23-24-15(27-10)5-4-11-7-22-8-13-14-6-12(28-16(11)13)9-25(14)18(26)19(2,3)17(20)21/h7-8,12,14,17H,6,9H2,1-3H3/t12-,14-/m0/s1. The summed E-state index contributed by atoms with van der Waals surface area (Å²) in [5.41, 5.74) is -0.579. The number of hydrogen-bond acceptors (Lipinski definition) is 6. The van der Waals surface area contributed by atoms with Crippen molar-refractivity contribution in [1.82, 2.24) is 20.1 Å². The minimum absolute atomic E-state index is 0.171. The van der Waals surface area contributed by atoms with Crippen molar-refractivity contribution in [2.45, 2.75) is 45.8 Å². The lowest BCUT2D eigenvalue weighted by atomic mass is 9.91. The van der Waals surface area contributed by atoms with Crippen LogP contribution in [0.25, 0.3) is 0 Å². The number of aromatic nitrogens is 3. The van der Waals surface area contributed by atoms with Gasteiger partial charge in [0.05, 0.1) is 18.2 Å². The maximum atomic E-state index is 13.4. The molecule has 2 aromatic heterocycles. The summed E-state index contributed by atoms with van der Waals surface area (Å²) >= 11 is 0. The van der Waals surface area contributed by atoms with Gasteiger partial charge in [-0.2, -0.15) is 0 Å². The molecule has 2 bridgehead atoms. The van der Waals surface area contributed by atoms with E-state index in [1.807, 2.05) is 0 Å². The molecule has 0 N–H and O–H groups in total. The third-order valence-corrected chi connectivity index (χ3v) is 5.02. The van der Waals surface area contributed by atoms with Gasteiger partial charge in [-0.25, -0.2) is 8.78 Å². The SMILES string of the molecule is Cc1nnc(C#Cc2cncc3c2O[C@H]2C[C@@H]3N(C(=O)C(C)(C)C(F)F)C2)o1. The average Bonchev–Trinajstić information content (AvgIpc) is 3.23. The Kier molecular flexibility index (Phi) is 4.29. The number of pyridine rings is 1. The van der Waals surface area contributed by atoms with Crippen molar-refractivity contribution in [3.05, 3.63) is 35.3 Å². The summed E-state index contributed by atoms with van der Waals surface area (Å²) in [5, 5.41) is 7.53. The van der Waals surface area contributed by atoms with Crippen molar-refractivity contribution in [1.29, 1.82) is 0 Å². The van der Waals surface area contributed by atoms with Gasteiger partial charge in [0.1, 0.15) is 17.3 Å². The van der Waals surface area contributed by atoms with Gasteiger partial charge in [0.2, 0.25) is 11.8 Å². The minimum Gasteiger partial charge on any atom is -0.487 e. The van der Waals surface area contributed by atoms with Crippen LogP contribution < -0.4 is 4.74 Å². The van der Waals surface area contributed by atoms with Crippen molar-refractivity contribution >= 4 is 5.91 Å². The normalized spacial score (nSPS) is 20.4. The summed E-state index contributed by atoms with van der Waals surface area (Å²) in [6.45, 7) is 4.44. The molecule has 0 aromatic carbocycles. The number of alkyl halides is 2. The summed E-state index contributed by atoms with van der Waals surface area (Å²) in [6, 6.07) is -0.362. The number of halogens is 2. The largest absolute Gasteiger partial charge is 0.487 e. The third-order valence-electron chi connectivity index (χ3n) is 5.02. The quantitative estimate of drug-likeness (QED) is 0.736. The van der Waals surface area contributed by atoms with Gasteiger partial charge in [0.25, 0.3) is 12.3 Å². The molecule has 28 heavy (non-hydrogen) atoms. The van der Waals surface area contributed by atoms with E-state index in [-0.39, 0.29) is 24.6 Å². The lowest BCUT2D eigenvalue weighted by Crippen LogP contribution is -2.44. The second-order valence-electron chi connectivity index (χ2n) is 7.45. The Balaban J connectivity index is 1.67. The van der Waals surface area contributed by atoms with Crippen LogP contribution in [0.1, 0.15) is 49.2 Å². The van der Waals surface area contributed by atoms with E-state index in [4.69, 9.17) is 9.15 Å². The first-order chi connectivity index (χ1) is 13.3. The molecule has 0 saturated carbocycles. The number of rotatable bonds is 2. The first-order valence-corrected chi connectivity index (χ1v) is 8.83.